The van der Waals surface area contributed by atoms with Gasteiger partial charge in [0.15, 0.2) is 0 Å². The fraction of sp³-hybridized carbons (Fsp3) is 0.857. The summed E-state index contributed by atoms with van der Waals surface area (Å²) in [6.07, 6.45) is 2.17. The summed E-state index contributed by atoms with van der Waals surface area (Å²) < 4.78 is 0. The molecule has 2 unspecified atom stereocenters. The van der Waals surface area contributed by atoms with Crippen LogP contribution in [0.5, 0.6) is 0 Å². The maximum absolute atomic E-state index is 12.2. The molecule has 0 aromatic carbocycles. The number of carboxylic acids is 1. The van der Waals surface area contributed by atoms with E-state index in [1.54, 1.807) is 0 Å². The smallest absolute Gasteiger partial charge is 0.307 e. The standard InChI is InChI=1S/C14H26N2O3/c1-9-7-11(12(8-9)14(18)19)13(17)15-10(2)5-6-16(3)4/h9-12H,5-8H2,1-4H3,(H,15,17)(H,18,19)/t9?,10?,11-,12+/m0/s1. The number of nitrogens with one attached hydrogen (secondary N) is 1. The first kappa shape index (κ1) is 16.0. The summed E-state index contributed by atoms with van der Waals surface area (Å²) in [6, 6.07) is 0.0836. The van der Waals surface area contributed by atoms with Crippen molar-refractivity contribution in [1.29, 1.82) is 0 Å². The largest absolute Gasteiger partial charge is 0.481 e. The highest BCUT2D eigenvalue weighted by Crippen LogP contribution is 2.36. The predicted octanol–water partition coefficient (Wildman–Crippen LogP) is 1.19. The van der Waals surface area contributed by atoms with Crippen molar-refractivity contribution >= 4 is 11.9 Å². The van der Waals surface area contributed by atoms with Crippen molar-refractivity contribution in [2.75, 3.05) is 20.6 Å². The van der Waals surface area contributed by atoms with Crippen molar-refractivity contribution in [2.24, 2.45) is 17.8 Å². The van der Waals surface area contributed by atoms with E-state index in [0.717, 1.165) is 13.0 Å². The van der Waals surface area contributed by atoms with Gasteiger partial charge >= 0.3 is 5.97 Å². The molecular weight excluding hydrogens is 244 g/mol. The molecule has 0 heterocycles. The molecule has 0 bridgehead atoms. The Labute approximate surface area is 115 Å². The number of carbonyl (C=O) groups excluding carboxylic acids is 1. The molecule has 4 atom stereocenters. The lowest BCUT2D eigenvalue weighted by molar-refractivity contribution is -0.146. The lowest BCUT2D eigenvalue weighted by Gasteiger charge is -2.21. The molecule has 19 heavy (non-hydrogen) atoms. The maximum atomic E-state index is 12.2. The van der Waals surface area contributed by atoms with Gasteiger partial charge in [0.25, 0.3) is 0 Å². The van der Waals surface area contributed by atoms with Gasteiger partial charge in [-0.05, 0) is 52.7 Å². The van der Waals surface area contributed by atoms with Gasteiger partial charge in [-0.2, -0.15) is 0 Å². The Morgan fingerprint density at radius 1 is 1.32 bits per heavy atom. The topological polar surface area (TPSA) is 69.6 Å². The van der Waals surface area contributed by atoms with Crippen molar-refractivity contribution in [2.45, 2.75) is 39.2 Å². The minimum atomic E-state index is -0.842. The van der Waals surface area contributed by atoms with E-state index in [0.29, 0.717) is 18.8 Å². The van der Waals surface area contributed by atoms with Crippen LogP contribution in [0.2, 0.25) is 0 Å². The third-order valence-electron chi connectivity index (χ3n) is 3.85. The second-order valence-electron chi connectivity index (χ2n) is 6.13. The molecule has 1 saturated carbocycles. The third-order valence-corrected chi connectivity index (χ3v) is 3.85. The number of nitrogens with zero attached hydrogens (tertiary/aromatic N) is 1. The summed E-state index contributed by atoms with van der Waals surface area (Å²) in [6.45, 7) is 4.89. The summed E-state index contributed by atoms with van der Waals surface area (Å²) >= 11 is 0. The number of carbonyl (C=O) groups is 2. The molecule has 1 amide bonds. The second-order valence-corrected chi connectivity index (χ2v) is 6.13. The Morgan fingerprint density at radius 3 is 2.42 bits per heavy atom. The molecule has 5 heteroatoms. The van der Waals surface area contributed by atoms with Crippen LogP contribution in [-0.2, 0) is 9.59 Å². The molecule has 1 rings (SSSR count). The SMILES string of the molecule is CC1C[C@H](C(=O)NC(C)CCN(C)C)[C@H](C(=O)O)C1. The summed E-state index contributed by atoms with van der Waals surface area (Å²) in [5.41, 5.74) is 0. The van der Waals surface area contributed by atoms with Crippen molar-refractivity contribution in [3.05, 3.63) is 0 Å². The lowest BCUT2D eigenvalue weighted by Crippen LogP contribution is -2.41. The Kier molecular flexibility index (Phi) is 5.79. The van der Waals surface area contributed by atoms with E-state index in [1.165, 1.54) is 0 Å². The third kappa shape index (κ3) is 4.82. The Bertz CT molecular complexity index is 331. The molecule has 0 radical (unpaired) electrons. The molecule has 5 nitrogen and oxygen atoms in total. The molecule has 1 aliphatic carbocycles. The van der Waals surface area contributed by atoms with E-state index in [9.17, 15) is 14.7 Å². The van der Waals surface area contributed by atoms with Crippen molar-refractivity contribution in [1.82, 2.24) is 10.2 Å². The minimum Gasteiger partial charge on any atom is -0.481 e. The first-order chi connectivity index (χ1) is 8.81. The Hall–Kier alpha value is -1.10. The summed E-state index contributed by atoms with van der Waals surface area (Å²) in [5.74, 6) is -1.51. The van der Waals surface area contributed by atoms with Gasteiger partial charge in [-0.25, -0.2) is 0 Å². The highest BCUT2D eigenvalue weighted by molar-refractivity contribution is 5.85. The molecule has 0 saturated heterocycles. The number of carboxylic acid groups (broad SMARTS) is 1. The van der Waals surface area contributed by atoms with Gasteiger partial charge in [-0.1, -0.05) is 6.92 Å². The Morgan fingerprint density at radius 2 is 1.89 bits per heavy atom. The van der Waals surface area contributed by atoms with Crippen LogP contribution >= 0.6 is 0 Å². The number of hydrogen-bond donors (Lipinski definition) is 2. The van der Waals surface area contributed by atoms with E-state index >= 15 is 0 Å². The highest BCUT2D eigenvalue weighted by atomic mass is 16.4. The van der Waals surface area contributed by atoms with Crippen molar-refractivity contribution in [3.63, 3.8) is 0 Å². The maximum Gasteiger partial charge on any atom is 0.307 e. The van der Waals surface area contributed by atoms with Crippen molar-refractivity contribution in [3.8, 4) is 0 Å². The van der Waals surface area contributed by atoms with Gasteiger partial charge in [-0.15, -0.1) is 0 Å². The minimum absolute atomic E-state index is 0.0836. The monoisotopic (exact) mass is 270 g/mol. The average Bonchev–Trinajstić information content (AvgIpc) is 2.69. The van der Waals surface area contributed by atoms with Gasteiger partial charge in [-0.3, -0.25) is 9.59 Å². The zero-order valence-corrected chi connectivity index (χ0v) is 12.3. The normalized spacial score (nSPS) is 28.4. The van der Waals surface area contributed by atoms with Crippen LogP contribution < -0.4 is 5.32 Å². The number of hydrogen-bond acceptors (Lipinski definition) is 3. The van der Waals surface area contributed by atoms with E-state index in [4.69, 9.17) is 0 Å². The molecule has 0 spiro atoms. The van der Waals surface area contributed by atoms with Gasteiger partial charge in [0, 0.05) is 6.04 Å². The molecule has 1 fully saturated rings. The Balaban J connectivity index is 2.50. The number of amides is 1. The molecule has 0 aliphatic heterocycles. The van der Waals surface area contributed by atoms with E-state index < -0.39 is 11.9 Å². The fourth-order valence-corrected chi connectivity index (χ4v) is 2.73. The molecule has 0 aromatic rings. The summed E-state index contributed by atoms with van der Waals surface area (Å²) in [4.78, 5) is 25.4. The van der Waals surface area contributed by atoms with Crippen LogP contribution in [0.25, 0.3) is 0 Å². The predicted molar refractivity (Wildman–Crippen MR) is 73.8 cm³/mol. The van der Waals surface area contributed by atoms with Crippen molar-refractivity contribution < 1.29 is 14.7 Å². The van der Waals surface area contributed by atoms with E-state index in [2.05, 4.69) is 10.2 Å². The molecular formula is C14H26N2O3. The molecule has 110 valence electrons. The fourth-order valence-electron chi connectivity index (χ4n) is 2.73. The number of aliphatic carboxylic acids is 1. The quantitative estimate of drug-likeness (QED) is 0.760. The van der Waals surface area contributed by atoms with Gasteiger partial charge in [0.2, 0.25) is 5.91 Å². The van der Waals surface area contributed by atoms with Gasteiger partial charge < -0.3 is 15.3 Å². The zero-order chi connectivity index (χ0) is 14.6. The first-order valence-corrected chi connectivity index (χ1v) is 6.99. The average molecular weight is 270 g/mol. The second kappa shape index (κ2) is 6.89. The van der Waals surface area contributed by atoms with Crippen LogP contribution in [0.3, 0.4) is 0 Å². The molecule has 1 aliphatic rings. The van der Waals surface area contributed by atoms with Crippen LogP contribution in [-0.4, -0.2) is 48.6 Å². The number of rotatable bonds is 6. The highest BCUT2D eigenvalue weighted by Gasteiger charge is 2.41. The molecule has 2 N–H and O–H groups in total. The lowest BCUT2D eigenvalue weighted by atomic mass is 9.95. The van der Waals surface area contributed by atoms with E-state index in [-0.39, 0.29) is 17.9 Å². The van der Waals surface area contributed by atoms with Crippen LogP contribution in [0.15, 0.2) is 0 Å². The molecule has 0 aromatic heterocycles. The van der Waals surface area contributed by atoms with Gasteiger partial charge in [0.1, 0.15) is 0 Å². The van der Waals surface area contributed by atoms with E-state index in [1.807, 2.05) is 27.9 Å². The summed E-state index contributed by atoms with van der Waals surface area (Å²) in [5, 5.41) is 12.1. The van der Waals surface area contributed by atoms with Crippen LogP contribution in [0.4, 0.5) is 0 Å². The van der Waals surface area contributed by atoms with Crippen LogP contribution in [0.1, 0.15) is 33.1 Å². The van der Waals surface area contributed by atoms with Crippen LogP contribution in [0, 0.1) is 17.8 Å². The van der Waals surface area contributed by atoms with Gasteiger partial charge in [0.05, 0.1) is 11.8 Å². The zero-order valence-electron chi connectivity index (χ0n) is 12.3. The summed E-state index contributed by atoms with van der Waals surface area (Å²) in [7, 11) is 3.99. The first-order valence-electron chi connectivity index (χ1n) is 6.99.